The molecular formula is C19H38O4. The van der Waals surface area contributed by atoms with Crippen LogP contribution in [0.15, 0.2) is 0 Å². The number of carbonyl (C=O) groups excluding carboxylic acids is 1. The Morgan fingerprint density at radius 1 is 0.783 bits per heavy atom. The fraction of sp³-hybridized carbons (Fsp3) is 0.947. The standard InChI is InChI=1S/C19H38O4/c1-3-4-5-11-14-17(20)18(21)15-12-9-7-6-8-10-13-16-19(22)23-2/h17-18,20-21H,3-16H2,1-2H3. The van der Waals surface area contributed by atoms with Crippen LogP contribution in [-0.4, -0.2) is 35.5 Å². The third kappa shape index (κ3) is 14.7. The summed E-state index contributed by atoms with van der Waals surface area (Å²) in [5, 5.41) is 19.8. The van der Waals surface area contributed by atoms with E-state index in [0.29, 0.717) is 12.8 Å². The molecule has 0 saturated heterocycles. The lowest BCUT2D eigenvalue weighted by atomic mass is 10.00. The van der Waals surface area contributed by atoms with E-state index in [1.807, 2.05) is 0 Å². The number of methoxy groups -OCH3 is 1. The highest BCUT2D eigenvalue weighted by Crippen LogP contribution is 2.15. The van der Waals surface area contributed by atoms with Crippen LogP contribution in [0.1, 0.15) is 96.8 Å². The molecule has 2 N–H and O–H groups in total. The first kappa shape index (κ1) is 22.4. The molecule has 0 fully saturated rings. The van der Waals surface area contributed by atoms with Gasteiger partial charge in [-0.15, -0.1) is 0 Å². The largest absolute Gasteiger partial charge is 0.469 e. The average molecular weight is 331 g/mol. The van der Waals surface area contributed by atoms with Crippen molar-refractivity contribution in [1.29, 1.82) is 0 Å². The zero-order valence-corrected chi connectivity index (χ0v) is 15.3. The molecule has 0 aromatic rings. The van der Waals surface area contributed by atoms with Crippen molar-refractivity contribution >= 4 is 5.97 Å². The van der Waals surface area contributed by atoms with E-state index in [-0.39, 0.29) is 5.97 Å². The van der Waals surface area contributed by atoms with Crippen molar-refractivity contribution in [2.45, 2.75) is 109 Å². The molecule has 0 aliphatic rings. The molecule has 0 aromatic carbocycles. The lowest BCUT2D eigenvalue weighted by Gasteiger charge is -2.17. The molecule has 0 aromatic heterocycles. The van der Waals surface area contributed by atoms with Gasteiger partial charge in [-0.25, -0.2) is 0 Å². The van der Waals surface area contributed by atoms with E-state index in [1.165, 1.54) is 26.4 Å². The summed E-state index contributed by atoms with van der Waals surface area (Å²) in [5.74, 6) is -0.118. The van der Waals surface area contributed by atoms with Crippen molar-refractivity contribution in [3.05, 3.63) is 0 Å². The van der Waals surface area contributed by atoms with Crippen molar-refractivity contribution in [3.63, 3.8) is 0 Å². The van der Waals surface area contributed by atoms with Gasteiger partial charge in [-0.05, 0) is 19.3 Å². The summed E-state index contributed by atoms with van der Waals surface area (Å²) in [5.41, 5.74) is 0. The summed E-state index contributed by atoms with van der Waals surface area (Å²) in [4.78, 5) is 10.9. The van der Waals surface area contributed by atoms with Gasteiger partial charge in [0.1, 0.15) is 0 Å². The van der Waals surface area contributed by atoms with Gasteiger partial charge < -0.3 is 14.9 Å². The van der Waals surface area contributed by atoms with Gasteiger partial charge in [0.2, 0.25) is 0 Å². The number of rotatable bonds is 16. The van der Waals surface area contributed by atoms with Gasteiger partial charge in [0.15, 0.2) is 0 Å². The first-order valence-electron chi connectivity index (χ1n) is 9.54. The fourth-order valence-corrected chi connectivity index (χ4v) is 2.77. The van der Waals surface area contributed by atoms with Gasteiger partial charge in [0, 0.05) is 6.42 Å². The third-order valence-corrected chi connectivity index (χ3v) is 4.41. The Balaban J connectivity index is 3.34. The molecule has 0 spiro atoms. The van der Waals surface area contributed by atoms with Crippen molar-refractivity contribution in [2.75, 3.05) is 7.11 Å². The second kappa shape index (κ2) is 16.3. The van der Waals surface area contributed by atoms with Gasteiger partial charge in [-0.3, -0.25) is 4.79 Å². The van der Waals surface area contributed by atoms with Crippen LogP contribution in [0.5, 0.6) is 0 Å². The highest BCUT2D eigenvalue weighted by atomic mass is 16.5. The summed E-state index contributed by atoms with van der Waals surface area (Å²) < 4.78 is 4.60. The van der Waals surface area contributed by atoms with E-state index in [0.717, 1.165) is 57.8 Å². The van der Waals surface area contributed by atoms with E-state index in [2.05, 4.69) is 11.7 Å². The Morgan fingerprint density at radius 3 is 1.70 bits per heavy atom. The number of hydrogen-bond acceptors (Lipinski definition) is 4. The number of aliphatic hydroxyl groups is 2. The minimum Gasteiger partial charge on any atom is -0.469 e. The predicted octanol–water partition coefficient (Wildman–Crippen LogP) is 4.36. The molecule has 2 atom stereocenters. The monoisotopic (exact) mass is 330 g/mol. The predicted molar refractivity (Wildman–Crippen MR) is 94.3 cm³/mol. The number of ether oxygens (including phenoxy) is 1. The van der Waals surface area contributed by atoms with Crippen LogP contribution in [0.25, 0.3) is 0 Å². The first-order chi connectivity index (χ1) is 11.1. The Kier molecular flexibility index (Phi) is 15.8. The van der Waals surface area contributed by atoms with Gasteiger partial charge in [0.25, 0.3) is 0 Å². The summed E-state index contributed by atoms with van der Waals surface area (Å²) >= 11 is 0. The minimum atomic E-state index is -0.559. The lowest BCUT2D eigenvalue weighted by Crippen LogP contribution is -2.25. The van der Waals surface area contributed by atoms with Gasteiger partial charge >= 0.3 is 5.97 Å². The lowest BCUT2D eigenvalue weighted by molar-refractivity contribution is -0.140. The molecule has 23 heavy (non-hydrogen) atoms. The summed E-state index contributed by atoms with van der Waals surface area (Å²) in [6.07, 6.45) is 13.0. The van der Waals surface area contributed by atoms with Crippen LogP contribution in [0.2, 0.25) is 0 Å². The number of hydrogen-bond donors (Lipinski definition) is 2. The van der Waals surface area contributed by atoms with E-state index in [9.17, 15) is 15.0 Å². The minimum absolute atomic E-state index is 0.118. The molecule has 138 valence electrons. The van der Waals surface area contributed by atoms with Crippen LogP contribution in [0.4, 0.5) is 0 Å². The number of esters is 1. The molecule has 0 saturated carbocycles. The summed E-state index contributed by atoms with van der Waals surface area (Å²) in [6.45, 7) is 2.17. The maximum absolute atomic E-state index is 10.9. The zero-order chi connectivity index (χ0) is 17.3. The van der Waals surface area contributed by atoms with Crippen molar-refractivity contribution in [2.24, 2.45) is 0 Å². The number of unbranched alkanes of at least 4 members (excludes halogenated alkanes) is 9. The first-order valence-corrected chi connectivity index (χ1v) is 9.54. The normalized spacial score (nSPS) is 13.7. The van der Waals surface area contributed by atoms with Crippen LogP contribution in [0, 0.1) is 0 Å². The highest BCUT2D eigenvalue weighted by Gasteiger charge is 2.14. The molecule has 0 aliphatic heterocycles. The molecule has 0 radical (unpaired) electrons. The molecule has 0 aliphatic carbocycles. The Morgan fingerprint density at radius 2 is 1.22 bits per heavy atom. The Hall–Kier alpha value is -0.610. The third-order valence-electron chi connectivity index (χ3n) is 4.41. The quantitative estimate of drug-likeness (QED) is 0.326. The van der Waals surface area contributed by atoms with E-state index in [4.69, 9.17) is 0 Å². The highest BCUT2D eigenvalue weighted by molar-refractivity contribution is 5.68. The maximum Gasteiger partial charge on any atom is 0.305 e. The number of carbonyl (C=O) groups is 1. The van der Waals surface area contributed by atoms with Crippen LogP contribution in [0.3, 0.4) is 0 Å². The topological polar surface area (TPSA) is 66.8 Å². The molecule has 0 rings (SSSR count). The summed E-state index contributed by atoms with van der Waals surface area (Å²) in [7, 11) is 1.43. The Labute approximate surface area is 142 Å². The second-order valence-corrected chi connectivity index (χ2v) is 6.57. The molecule has 0 bridgehead atoms. The average Bonchev–Trinajstić information content (AvgIpc) is 2.56. The van der Waals surface area contributed by atoms with Crippen molar-refractivity contribution in [1.82, 2.24) is 0 Å². The van der Waals surface area contributed by atoms with E-state index < -0.39 is 12.2 Å². The van der Waals surface area contributed by atoms with E-state index in [1.54, 1.807) is 0 Å². The van der Waals surface area contributed by atoms with Gasteiger partial charge in [-0.2, -0.15) is 0 Å². The zero-order valence-electron chi connectivity index (χ0n) is 15.3. The molecule has 2 unspecified atom stereocenters. The van der Waals surface area contributed by atoms with Crippen LogP contribution >= 0.6 is 0 Å². The number of aliphatic hydroxyl groups excluding tert-OH is 2. The summed E-state index contributed by atoms with van der Waals surface area (Å²) in [6, 6.07) is 0. The molecule has 0 heterocycles. The molecular weight excluding hydrogens is 292 g/mol. The van der Waals surface area contributed by atoms with Gasteiger partial charge in [0.05, 0.1) is 19.3 Å². The fourth-order valence-electron chi connectivity index (χ4n) is 2.77. The van der Waals surface area contributed by atoms with Crippen LogP contribution < -0.4 is 0 Å². The van der Waals surface area contributed by atoms with Crippen LogP contribution in [-0.2, 0) is 9.53 Å². The second-order valence-electron chi connectivity index (χ2n) is 6.57. The maximum atomic E-state index is 10.9. The van der Waals surface area contributed by atoms with Gasteiger partial charge in [-0.1, -0.05) is 71.1 Å². The van der Waals surface area contributed by atoms with Crippen molar-refractivity contribution < 1.29 is 19.7 Å². The Bertz CT molecular complexity index is 268. The molecule has 4 nitrogen and oxygen atoms in total. The smallest absolute Gasteiger partial charge is 0.305 e. The van der Waals surface area contributed by atoms with E-state index >= 15 is 0 Å². The SMILES string of the molecule is CCCCCCC(O)C(O)CCCCCCCCCC(=O)OC. The molecule has 4 heteroatoms. The van der Waals surface area contributed by atoms with Crippen molar-refractivity contribution in [3.8, 4) is 0 Å². The molecule has 0 amide bonds.